The minimum atomic E-state index is -3.17. The number of furan rings is 1. The molecule has 1 aromatic heterocycles. The van der Waals surface area contributed by atoms with E-state index in [1.807, 2.05) is 19.1 Å². The fourth-order valence-corrected chi connectivity index (χ4v) is 3.68. The minimum absolute atomic E-state index is 0.0651. The Bertz CT molecular complexity index is 495. The van der Waals surface area contributed by atoms with Gasteiger partial charge in [0, 0.05) is 18.5 Å². The molecule has 1 aliphatic carbocycles. The summed E-state index contributed by atoms with van der Waals surface area (Å²) in [5.41, 5.74) is 0. The van der Waals surface area contributed by atoms with Gasteiger partial charge in [-0.05, 0) is 57.7 Å². The molecule has 0 aromatic carbocycles. The Morgan fingerprint density at radius 1 is 1.38 bits per heavy atom. The number of hydrogen-bond donors (Lipinski definition) is 2. The molecule has 21 heavy (non-hydrogen) atoms. The van der Waals surface area contributed by atoms with Crippen LogP contribution in [0.25, 0.3) is 0 Å². The van der Waals surface area contributed by atoms with E-state index in [-0.39, 0.29) is 11.8 Å². The molecule has 0 radical (unpaired) electrons. The van der Waals surface area contributed by atoms with Crippen LogP contribution in [0.4, 0.5) is 0 Å². The molecule has 2 rings (SSSR count). The second-order valence-corrected chi connectivity index (χ2v) is 7.76. The van der Waals surface area contributed by atoms with Gasteiger partial charge in [-0.3, -0.25) is 0 Å². The van der Waals surface area contributed by atoms with Crippen LogP contribution in [-0.2, 0) is 16.4 Å². The predicted octanol–water partition coefficient (Wildman–Crippen LogP) is 2.05. The first-order valence-electron chi connectivity index (χ1n) is 7.81. The predicted molar refractivity (Wildman–Crippen MR) is 83.7 cm³/mol. The first kappa shape index (κ1) is 16.5. The average Bonchev–Trinajstić information content (AvgIpc) is 3.09. The smallest absolute Gasteiger partial charge is 0.211 e. The Labute approximate surface area is 127 Å². The van der Waals surface area contributed by atoms with Crippen molar-refractivity contribution in [3.05, 3.63) is 24.2 Å². The Kier molecular flexibility index (Phi) is 6.26. The van der Waals surface area contributed by atoms with Gasteiger partial charge in [0.05, 0.1) is 12.0 Å². The lowest BCUT2D eigenvalue weighted by Crippen LogP contribution is -2.34. The number of hydrogen-bond acceptors (Lipinski definition) is 4. The molecule has 0 amide bonds. The van der Waals surface area contributed by atoms with Crippen LogP contribution in [0.3, 0.4) is 0 Å². The lowest BCUT2D eigenvalue weighted by molar-refractivity contribution is 0.479. The molecule has 6 heteroatoms. The molecule has 1 aliphatic rings. The van der Waals surface area contributed by atoms with Crippen LogP contribution in [0.2, 0.25) is 0 Å². The van der Waals surface area contributed by atoms with E-state index in [9.17, 15) is 8.42 Å². The van der Waals surface area contributed by atoms with Gasteiger partial charge in [-0.1, -0.05) is 0 Å². The second-order valence-electron chi connectivity index (χ2n) is 5.89. The van der Waals surface area contributed by atoms with Gasteiger partial charge >= 0.3 is 0 Å². The van der Waals surface area contributed by atoms with Crippen molar-refractivity contribution in [3.63, 3.8) is 0 Å². The summed E-state index contributed by atoms with van der Waals surface area (Å²) in [5.74, 6) is 1.11. The van der Waals surface area contributed by atoms with E-state index in [2.05, 4.69) is 10.0 Å². The molecule has 2 N–H and O–H groups in total. The fraction of sp³-hybridized carbons (Fsp3) is 0.733. The molecule has 120 valence electrons. The molecular weight excluding hydrogens is 288 g/mol. The normalized spacial score (nSPS) is 17.0. The summed E-state index contributed by atoms with van der Waals surface area (Å²) in [4.78, 5) is 0. The summed E-state index contributed by atoms with van der Waals surface area (Å²) < 4.78 is 31.9. The Morgan fingerprint density at radius 3 is 2.86 bits per heavy atom. The van der Waals surface area contributed by atoms with Crippen LogP contribution in [-0.4, -0.2) is 32.8 Å². The van der Waals surface area contributed by atoms with Crippen LogP contribution in [0.1, 0.15) is 44.8 Å². The zero-order chi connectivity index (χ0) is 15.1. The molecule has 0 bridgehead atoms. The SMILES string of the molecule is CC(CCc1ccco1)NS(=O)(=O)CCCCNC1CC1. The number of nitrogens with one attached hydrogen (secondary N) is 2. The quantitative estimate of drug-likeness (QED) is 0.613. The maximum atomic E-state index is 12.0. The van der Waals surface area contributed by atoms with E-state index < -0.39 is 10.0 Å². The van der Waals surface area contributed by atoms with E-state index in [0.717, 1.165) is 31.6 Å². The molecule has 0 aliphatic heterocycles. The minimum Gasteiger partial charge on any atom is -0.469 e. The second kappa shape index (κ2) is 7.96. The van der Waals surface area contributed by atoms with Crippen molar-refractivity contribution in [2.45, 2.75) is 57.5 Å². The lowest BCUT2D eigenvalue weighted by atomic mass is 10.2. The highest BCUT2D eigenvalue weighted by Crippen LogP contribution is 2.18. The van der Waals surface area contributed by atoms with Crippen molar-refractivity contribution < 1.29 is 12.8 Å². The number of aryl methyl sites for hydroxylation is 1. The molecule has 1 saturated carbocycles. The molecule has 1 unspecified atom stereocenters. The maximum Gasteiger partial charge on any atom is 0.211 e. The van der Waals surface area contributed by atoms with Gasteiger partial charge in [-0.2, -0.15) is 0 Å². The summed E-state index contributed by atoms with van der Waals surface area (Å²) in [6.45, 7) is 2.82. The molecule has 1 atom stereocenters. The molecule has 5 nitrogen and oxygen atoms in total. The van der Waals surface area contributed by atoms with E-state index in [0.29, 0.717) is 12.5 Å². The highest BCUT2D eigenvalue weighted by Gasteiger charge is 2.20. The first-order valence-corrected chi connectivity index (χ1v) is 9.46. The third kappa shape index (κ3) is 7.11. The van der Waals surface area contributed by atoms with Crippen molar-refractivity contribution >= 4 is 10.0 Å². The lowest BCUT2D eigenvalue weighted by Gasteiger charge is -2.13. The first-order chi connectivity index (χ1) is 10.1. The Morgan fingerprint density at radius 2 is 2.19 bits per heavy atom. The van der Waals surface area contributed by atoms with Crippen molar-refractivity contribution in [2.24, 2.45) is 0 Å². The molecule has 1 aromatic rings. The van der Waals surface area contributed by atoms with Gasteiger partial charge in [-0.15, -0.1) is 0 Å². The third-order valence-corrected chi connectivity index (χ3v) is 5.22. The summed E-state index contributed by atoms with van der Waals surface area (Å²) in [7, 11) is -3.17. The van der Waals surface area contributed by atoms with Gasteiger partial charge in [0.1, 0.15) is 5.76 Å². The van der Waals surface area contributed by atoms with Gasteiger partial charge < -0.3 is 9.73 Å². The third-order valence-electron chi connectivity index (χ3n) is 3.63. The van der Waals surface area contributed by atoms with Crippen molar-refractivity contribution in [1.82, 2.24) is 10.0 Å². The molecule has 1 heterocycles. The van der Waals surface area contributed by atoms with Crippen LogP contribution < -0.4 is 10.0 Å². The van der Waals surface area contributed by atoms with Gasteiger partial charge in [-0.25, -0.2) is 13.1 Å². The Balaban J connectivity index is 1.57. The number of rotatable bonds is 11. The fourth-order valence-electron chi connectivity index (χ4n) is 2.25. The summed E-state index contributed by atoms with van der Waals surface area (Å²) in [5, 5.41) is 3.39. The van der Waals surface area contributed by atoms with Gasteiger partial charge in [0.25, 0.3) is 0 Å². The van der Waals surface area contributed by atoms with E-state index in [4.69, 9.17) is 4.42 Å². The zero-order valence-corrected chi connectivity index (χ0v) is 13.5. The largest absolute Gasteiger partial charge is 0.469 e. The van der Waals surface area contributed by atoms with Crippen molar-refractivity contribution in [3.8, 4) is 0 Å². The van der Waals surface area contributed by atoms with E-state index >= 15 is 0 Å². The highest BCUT2D eigenvalue weighted by atomic mass is 32.2. The summed E-state index contributed by atoms with van der Waals surface area (Å²) in [6.07, 6.45) is 7.30. The average molecular weight is 314 g/mol. The maximum absolute atomic E-state index is 12.0. The summed E-state index contributed by atoms with van der Waals surface area (Å²) in [6, 6.07) is 4.39. The van der Waals surface area contributed by atoms with Gasteiger partial charge in [0.15, 0.2) is 0 Å². The van der Waals surface area contributed by atoms with E-state index in [1.165, 1.54) is 12.8 Å². The van der Waals surface area contributed by atoms with Crippen LogP contribution >= 0.6 is 0 Å². The Hall–Kier alpha value is -0.850. The van der Waals surface area contributed by atoms with Crippen LogP contribution in [0.5, 0.6) is 0 Å². The zero-order valence-electron chi connectivity index (χ0n) is 12.7. The van der Waals surface area contributed by atoms with Crippen molar-refractivity contribution in [1.29, 1.82) is 0 Å². The van der Waals surface area contributed by atoms with E-state index in [1.54, 1.807) is 6.26 Å². The molecule has 0 saturated heterocycles. The molecule has 1 fully saturated rings. The topological polar surface area (TPSA) is 71.3 Å². The number of sulfonamides is 1. The van der Waals surface area contributed by atoms with Crippen LogP contribution in [0.15, 0.2) is 22.8 Å². The summed E-state index contributed by atoms with van der Waals surface area (Å²) >= 11 is 0. The van der Waals surface area contributed by atoms with Gasteiger partial charge in [0.2, 0.25) is 10.0 Å². The van der Waals surface area contributed by atoms with Crippen LogP contribution in [0, 0.1) is 0 Å². The molecular formula is C15H26N2O3S. The van der Waals surface area contributed by atoms with Crippen molar-refractivity contribution in [2.75, 3.05) is 12.3 Å². The standard InChI is InChI=1S/C15H26N2O3S/c1-13(6-9-15-5-4-11-20-15)17-21(18,19)12-3-2-10-16-14-7-8-14/h4-5,11,13-14,16-17H,2-3,6-10,12H2,1H3. The monoisotopic (exact) mass is 314 g/mol. The number of unbranched alkanes of at least 4 members (excludes halogenated alkanes) is 1. The molecule has 0 spiro atoms. The highest BCUT2D eigenvalue weighted by molar-refractivity contribution is 7.89.